The van der Waals surface area contributed by atoms with Gasteiger partial charge < -0.3 is 25.6 Å². The van der Waals surface area contributed by atoms with Gasteiger partial charge in [0.15, 0.2) is 0 Å². The maximum atomic E-state index is 13.9. The van der Waals surface area contributed by atoms with Crippen LogP contribution in [0.3, 0.4) is 0 Å². The van der Waals surface area contributed by atoms with Crippen molar-refractivity contribution in [3.05, 3.63) is 41.5 Å². The molecule has 0 aromatic heterocycles. The Morgan fingerprint density at radius 2 is 1.60 bits per heavy atom. The van der Waals surface area contributed by atoms with E-state index in [1.54, 1.807) is 43.8 Å². The lowest BCUT2D eigenvalue weighted by atomic mass is 9.93. The van der Waals surface area contributed by atoms with Gasteiger partial charge in [-0.2, -0.15) is 0 Å². The Balaban J connectivity index is 1.20. The fraction of sp³-hybridized carbons (Fsp3) is 0.588. The SMILES string of the molecule is CC(C)[C@@H](N)C(=O)OCCS(=O)(=O)Nc1ccc(C(=O)Nc2cc3c(c(N4CCC(F)(F)CC4)c2)SCC3)c(N2CCC3(CC2)CC3)c1. The number of amides is 1. The van der Waals surface area contributed by atoms with Crippen LogP contribution < -0.4 is 25.6 Å². The Morgan fingerprint density at radius 3 is 2.27 bits per heavy atom. The van der Waals surface area contributed by atoms with E-state index in [0.717, 1.165) is 54.3 Å². The second kappa shape index (κ2) is 13.7. The van der Waals surface area contributed by atoms with Gasteiger partial charge in [-0.15, -0.1) is 11.8 Å². The van der Waals surface area contributed by atoms with Crippen molar-refractivity contribution in [1.82, 2.24) is 0 Å². The molecule has 3 aliphatic heterocycles. The number of nitrogens with one attached hydrogen (secondary N) is 2. The number of aryl methyl sites for hydroxylation is 1. The zero-order valence-electron chi connectivity index (χ0n) is 27.5. The molecular weight excluding hydrogens is 661 g/mol. The Hall–Kier alpha value is -3.10. The first-order valence-electron chi connectivity index (χ1n) is 16.8. The molecule has 1 aliphatic carbocycles. The van der Waals surface area contributed by atoms with Gasteiger partial charge in [-0.05, 0) is 79.3 Å². The summed E-state index contributed by atoms with van der Waals surface area (Å²) >= 11 is 1.72. The maximum Gasteiger partial charge on any atom is 0.323 e. The predicted octanol–water partition coefficient (Wildman–Crippen LogP) is 5.47. The normalized spacial score (nSPS) is 20.4. The number of alkyl halides is 2. The summed E-state index contributed by atoms with van der Waals surface area (Å²) in [7, 11) is -3.88. The average molecular weight is 706 g/mol. The third-order valence-electron chi connectivity index (χ3n) is 10.1. The molecule has 1 saturated carbocycles. The lowest BCUT2D eigenvalue weighted by Gasteiger charge is -2.35. The van der Waals surface area contributed by atoms with Crippen LogP contribution in [0, 0.1) is 11.3 Å². The number of nitrogens with two attached hydrogens (primary N) is 1. The van der Waals surface area contributed by atoms with Gasteiger partial charge in [0.25, 0.3) is 11.8 Å². The van der Waals surface area contributed by atoms with Gasteiger partial charge in [0.2, 0.25) is 10.0 Å². The molecule has 10 nitrogen and oxygen atoms in total. The van der Waals surface area contributed by atoms with Crippen LogP contribution in [0.25, 0.3) is 0 Å². The number of thioether (sulfide) groups is 1. The molecule has 3 fully saturated rings. The molecule has 4 aliphatic rings. The van der Waals surface area contributed by atoms with Crippen LogP contribution in [-0.2, 0) is 26.0 Å². The predicted molar refractivity (Wildman–Crippen MR) is 186 cm³/mol. The molecule has 1 spiro atoms. The second-order valence-corrected chi connectivity index (χ2v) is 16.9. The van der Waals surface area contributed by atoms with Crippen LogP contribution in [0.4, 0.5) is 31.5 Å². The van der Waals surface area contributed by atoms with Crippen molar-refractivity contribution in [2.75, 3.05) is 64.1 Å². The largest absolute Gasteiger partial charge is 0.463 e. The number of hydrogen-bond acceptors (Lipinski definition) is 9. The zero-order chi connectivity index (χ0) is 34.3. The number of anilines is 4. The quantitative estimate of drug-likeness (QED) is 0.260. The molecule has 2 aromatic rings. The zero-order valence-corrected chi connectivity index (χ0v) is 29.2. The molecule has 0 bridgehead atoms. The number of carbonyl (C=O) groups excluding carboxylic acids is 2. The molecule has 262 valence electrons. The summed E-state index contributed by atoms with van der Waals surface area (Å²) in [6, 6.07) is 7.90. The standard InChI is InChI=1S/C34H45F2N5O5S2/c1-22(2)29(37)32(43)46-16-18-48(44,45)39-24-3-4-26(27(20-24)40-12-8-33(6-7-33)9-13-40)31(42)38-25-19-23-5-17-47-30(23)28(21-25)41-14-10-34(35,36)11-15-41/h3-4,19-22,29,39H,5-18,37H2,1-2H3,(H,38,42)/t29-/m1/s1. The first-order valence-corrected chi connectivity index (χ1v) is 19.4. The Kier molecular flexibility index (Phi) is 9.89. The van der Waals surface area contributed by atoms with Gasteiger partial charge in [0.1, 0.15) is 18.4 Å². The van der Waals surface area contributed by atoms with E-state index in [0.29, 0.717) is 28.0 Å². The number of sulfonamides is 1. The van der Waals surface area contributed by atoms with Crippen LogP contribution in [0.15, 0.2) is 35.2 Å². The molecule has 1 amide bonds. The van der Waals surface area contributed by atoms with E-state index in [2.05, 4.69) is 14.9 Å². The molecular formula is C34H45F2N5O5S2. The Bertz CT molecular complexity index is 1650. The van der Waals surface area contributed by atoms with Gasteiger partial charge in [-0.3, -0.25) is 14.3 Å². The number of carbonyl (C=O) groups is 2. The van der Waals surface area contributed by atoms with E-state index in [9.17, 15) is 26.8 Å². The molecule has 0 unspecified atom stereocenters. The molecule has 0 radical (unpaired) electrons. The summed E-state index contributed by atoms with van der Waals surface area (Å²) in [6.07, 6.45) is 4.89. The fourth-order valence-corrected chi connectivity index (χ4v) is 8.77. The van der Waals surface area contributed by atoms with Crippen molar-refractivity contribution in [1.29, 1.82) is 0 Å². The number of benzene rings is 2. The van der Waals surface area contributed by atoms with Crippen LogP contribution in [0.2, 0.25) is 0 Å². The minimum absolute atomic E-state index is 0.139. The number of rotatable bonds is 11. The first-order chi connectivity index (χ1) is 22.7. The highest BCUT2D eigenvalue weighted by atomic mass is 32.2. The van der Waals surface area contributed by atoms with Gasteiger partial charge in [-0.25, -0.2) is 17.2 Å². The minimum atomic E-state index is -3.88. The summed E-state index contributed by atoms with van der Waals surface area (Å²) in [6.45, 7) is 5.23. The molecule has 1 atom stereocenters. The van der Waals surface area contributed by atoms with Crippen LogP contribution in [0.1, 0.15) is 68.3 Å². The van der Waals surface area contributed by atoms with Crippen molar-refractivity contribution in [3.8, 4) is 0 Å². The van der Waals surface area contributed by atoms with E-state index in [1.807, 2.05) is 17.0 Å². The number of esters is 1. The number of hydrogen-bond donors (Lipinski definition) is 3. The molecule has 4 N–H and O–H groups in total. The topological polar surface area (TPSA) is 134 Å². The maximum absolute atomic E-state index is 13.9. The molecule has 6 rings (SSSR count). The highest BCUT2D eigenvalue weighted by Gasteiger charge is 2.44. The molecule has 48 heavy (non-hydrogen) atoms. The van der Waals surface area contributed by atoms with Crippen molar-refractivity contribution in [3.63, 3.8) is 0 Å². The average Bonchev–Trinajstić information content (AvgIpc) is 3.61. The number of fused-ring (bicyclic) bond motifs is 1. The molecule has 2 aromatic carbocycles. The van der Waals surface area contributed by atoms with Crippen LogP contribution >= 0.6 is 11.8 Å². The number of halogens is 2. The summed E-state index contributed by atoms with van der Waals surface area (Å²) < 4.78 is 61.4. The Morgan fingerprint density at radius 1 is 0.958 bits per heavy atom. The van der Waals surface area contributed by atoms with Gasteiger partial charge >= 0.3 is 5.97 Å². The van der Waals surface area contributed by atoms with Gasteiger partial charge in [0, 0.05) is 55.4 Å². The lowest BCUT2D eigenvalue weighted by Crippen LogP contribution is -2.39. The molecule has 2 saturated heterocycles. The second-order valence-electron chi connectivity index (χ2n) is 14.0. The smallest absolute Gasteiger partial charge is 0.323 e. The molecule has 3 heterocycles. The molecule has 14 heteroatoms. The van der Waals surface area contributed by atoms with E-state index in [-0.39, 0.29) is 44.4 Å². The monoisotopic (exact) mass is 705 g/mol. The van der Waals surface area contributed by atoms with Crippen LogP contribution in [0.5, 0.6) is 0 Å². The van der Waals surface area contributed by atoms with E-state index >= 15 is 0 Å². The third kappa shape index (κ3) is 8.02. The van der Waals surface area contributed by atoms with Crippen LogP contribution in [-0.4, -0.2) is 76.6 Å². The fourth-order valence-electron chi connectivity index (χ4n) is 6.67. The summed E-state index contributed by atoms with van der Waals surface area (Å²) in [5, 5.41) is 3.07. The third-order valence-corrected chi connectivity index (χ3v) is 12.5. The van der Waals surface area contributed by atoms with Crippen molar-refractivity contribution in [2.45, 2.75) is 75.7 Å². The van der Waals surface area contributed by atoms with E-state index < -0.39 is 33.7 Å². The number of piperidine rings is 2. The van der Waals surface area contributed by atoms with Crippen molar-refractivity contribution < 1.29 is 31.5 Å². The van der Waals surface area contributed by atoms with Crippen molar-refractivity contribution >= 4 is 56.4 Å². The van der Waals surface area contributed by atoms with E-state index in [4.69, 9.17) is 10.5 Å². The number of ether oxygens (including phenoxy) is 1. The lowest BCUT2D eigenvalue weighted by molar-refractivity contribution is -0.145. The Labute approximate surface area is 285 Å². The highest BCUT2D eigenvalue weighted by molar-refractivity contribution is 7.99. The van der Waals surface area contributed by atoms with Crippen molar-refractivity contribution in [2.24, 2.45) is 17.1 Å². The van der Waals surface area contributed by atoms with Gasteiger partial charge in [0.05, 0.1) is 22.6 Å². The van der Waals surface area contributed by atoms with Gasteiger partial charge in [-0.1, -0.05) is 13.8 Å². The highest BCUT2D eigenvalue weighted by Crippen LogP contribution is 2.54. The first kappa shape index (κ1) is 34.8. The summed E-state index contributed by atoms with van der Waals surface area (Å²) in [5.74, 6) is -3.32. The number of nitrogens with zero attached hydrogens (tertiary/aromatic N) is 2. The van der Waals surface area contributed by atoms with E-state index in [1.165, 1.54) is 12.8 Å². The summed E-state index contributed by atoms with van der Waals surface area (Å²) in [4.78, 5) is 31.2. The summed E-state index contributed by atoms with van der Waals surface area (Å²) in [5.41, 5.74) is 10.1. The minimum Gasteiger partial charge on any atom is -0.463 e.